The minimum Gasteiger partial charge on any atom is -0.369 e. The lowest BCUT2D eigenvalue weighted by atomic mass is 10.3. The Morgan fingerprint density at radius 1 is 1.20 bits per heavy atom. The quantitative estimate of drug-likeness (QED) is 0.879. The van der Waals surface area contributed by atoms with Crippen molar-refractivity contribution in [2.24, 2.45) is 0 Å². The maximum absolute atomic E-state index is 13.4. The summed E-state index contributed by atoms with van der Waals surface area (Å²) < 4.78 is 13.4. The van der Waals surface area contributed by atoms with E-state index in [0.717, 1.165) is 13.0 Å². The average molecular weight is 274 g/mol. The van der Waals surface area contributed by atoms with Crippen LogP contribution in [0.25, 0.3) is 0 Å². The molecule has 0 unspecified atom stereocenters. The standard InChI is InChI=1S/C14H15FN4O/c1-2-9-16-13-8-7-12(18-19-13)14(20)17-11-6-4-3-5-10(11)15/h3-8H,2,9H2,1H3,(H,16,19)(H,17,20). The lowest BCUT2D eigenvalue weighted by Crippen LogP contribution is -2.15. The van der Waals surface area contributed by atoms with Crippen LogP contribution < -0.4 is 10.6 Å². The van der Waals surface area contributed by atoms with Crippen molar-refractivity contribution < 1.29 is 9.18 Å². The molecule has 1 heterocycles. The summed E-state index contributed by atoms with van der Waals surface area (Å²) in [5.74, 6) is -0.381. The summed E-state index contributed by atoms with van der Waals surface area (Å²) in [7, 11) is 0. The zero-order valence-corrected chi connectivity index (χ0v) is 11.1. The van der Waals surface area contributed by atoms with Gasteiger partial charge in [0.25, 0.3) is 5.91 Å². The molecule has 0 saturated carbocycles. The van der Waals surface area contributed by atoms with Gasteiger partial charge in [-0.25, -0.2) is 4.39 Å². The molecule has 104 valence electrons. The van der Waals surface area contributed by atoms with Gasteiger partial charge >= 0.3 is 0 Å². The minimum absolute atomic E-state index is 0.118. The van der Waals surface area contributed by atoms with E-state index >= 15 is 0 Å². The number of nitrogens with zero attached hydrogens (tertiary/aromatic N) is 2. The fraction of sp³-hybridized carbons (Fsp3) is 0.214. The molecule has 0 aliphatic heterocycles. The third-order valence-corrected chi connectivity index (χ3v) is 2.58. The molecule has 1 aromatic heterocycles. The number of hydrogen-bond acceptors (Lipinski definition) is 4. The predicted molar refractivity (Wildman–Crippen MR) is 75.2 cm³/mol. The van der Waals surface area contributed by atoms with Crippen LogP contribution in [-0.4, -0.2) is 22.6 Å². The van der Waals surface area contributed by atoms with Crippen LogP contribution in [0.4, 0.5) is 15.9 Å². The maximum Gasteiger partial charge on any atom is 0.276 e. The molecular formula is C14H15FN4O. The summed E-state index contributed by atoms with van der Waals surface area (Å²) in [6.07, 6.45) is 0.969. The molecule has 2 rings (SSSR count). The molecule has 0 fully saturated rings. The van der Waals surface area contributed by atoms with Crippen molar-refractivity contribution in [1.82, 2.24) is 10.2 Å². The van der Waals surface area contributed by atoms with E-state index in [4.69, 9.17) is 0 Å². The Hall–Kier alpha value is -2.50. The molecule has 1 amide bonds. The van der Waals surface area contributed by atoms with Gasteiger partial charge in [-0.1, -0.05) is 19.1 Å². The Bertz CT molecular complexity index is 586. The van der Waals surface area contributed by atoms with Gasteiger partial charge in [-0.15, -0.1) is 10.2 Å². The van der Waals surface area contributed by atoms with E-state index in [1.165, 1.54) is 12.1 Å². The number of benzene rings is 1. The second kappa shape index (κ2) is 6.60. The zero-order chi connectivity index (χ0) is 14.4. The van der Waals surface area contributed by atoms with Crippen molar-refractivity contribution in [3.63, 3.8) is 0 Å². The van der Waals surface area contributed by atoms with Crippen LogP contribution in [-0.2, 0) is 0 Å². The Labute approximate surface area is 116 Å². The molecule has 5 nitrogen and oxygen atoms in total. The number of para-hydroxylation sites is 1. The predicted octanol–water partition coefficient (Wildman–Crippen LogP) is 2.69. The topological polar surface area (TPSA) is 66.9 Å². The average Bonchev–Trinajstić information content (AvgIpc) is 2.48. The molecule has 0 aliphatic rings. The van der Waals surface area contributed by atoms with Crippen molar-refractivity contribution >= 4 is 17.4 Å². The maximum atomic E-state index is 13.4. The van der Waals surface area contributed by atoms with Gasteiger partial charge < -0.3 is 10.6 Å². The largest absolute Gasteiger partial charge is 0.369 e. The Morgan fingerprint density at radius 2 is 2.00 bits per heavy atom. The van der Waals surface area contributed by atoms with Gasteiger partial charge in [-0.3, -0.25) is 4.79 Å². The molecule has 2 N–H and O–H groups in total. The van der Waals surface area contributed by atoms with Crippen LogP contribution in [0, 0.1) is 5.82 Å². The van der Waals surface area contributed by atoms with Crippen molar-refractivity contribution in [1.29, 1.82) is 0 Å². The summed E-state index contributed by atoms with van der Waals surface area (Å²) >= 11 is 0. The summed E-state index contributed by atoms with van der Waals surface area (Å²) in [5.41, 5.74) is 0.253. The van der Waals surface area contributed by atoms with Crippen LogP contribution in [0.5, 0.6) is 0 Å². The lowest BCUT2D eigenvalue weighted by molar-refractivity contribution is 0.102. The van der Waals surface area contributed by atoms with Crippen molar-refractivity contribution in [3.8, 4) is 0 Å². The number of anilines is 2. The fourth-order valence-corrected chi connectivity index (χ4v) is 1.55. The molecule has 0 aliphatic carbocycles. The molecule has 0 spiro atoms. The summed E-state index contributed by atoms with van der Waals surface area (Å²) in [6.45, 7) is 2.83. The molecular weight excluding hydrogens is 259 g/mol. The van der Waals surface area contributed by atoms with E-state index in [1.54, 1.807) is 24.3 Å². The van der Waals surface area contributed by atoms with Crippen LogP contribution in [0.1, 0.15) is 23.8 Å². The molecule has 20 heavy (non-hydrogen) atoms. The Balaban J connectivity index is 2.04. The normalized spacial score (nSPS) is 10.1. The molecule has 2 aromatic rings. The van der Waals surface area contributed by atoms with Gasteiger partial charge in [-0.05, 0) is 30.7 Å². The summed E-state index contributed by atoms with van der Waals surface area (Å²) in [6, 6.07) is 9.16. The van der Waals surface area contributed by atoms with Crippen LogP contribution in [0.3, 0.4) is 0 Å². The van der Waals surface area contributed by atoms with Crippen LogP contribution >= 0.6 is 0 Å². The van der Waals surface area contributed by atoms with E-state index in [0.29, 0.717) is 5.82 Å². The number of amides is 1. The van der Waals surface area contributed by atoms with Gasteiger partial charge in [0.2, 0.25) is 0 Å². The number of nitrogens with one attached hydrogen (secondary N) is 2. The van der Waals surface area contributed by atoms with E-state index in [-0.39, 0.29) is 11.4 Å². The third-order valence-electron chi connectivity index (χ3n) is 2.58. The van der Waals surface area contributed by atoms with Gasteiger partial charge in [0.1, 0.15) is 11.6 Å². The Morgan fingerprint density at radius 3 is 2.65 bits per heavy atom. The molecule has 0 bridgehead atoms. The second-order valence-corrected chi connectivity index (χ2v) is 4.16. The number of hydrogen-bond donors (Lipinski definition) is 2. The van der Waals surface area contributed by atoms with Gasteiger partial charge in [0.05, 0.1) is 5.69 Å². The highest BCUT2D eigenvalue weighted by Crippen LogP contribution is 2.13. The SMILES string of the molecule is CCCNc1ccc(C(=O)Nc2ccccc2F)nn1. The first kappa shape index (κ1) is 13.9. The number of carbonyl (C=O) groups excluding carboxylic acids is 1. The molecule has 1 aromatic carbocycles. The molecule has 0 saturated heterocycles. The summed E-state index contributed by atoms with van der Waals surface area (Å²) in [4.78, 5) is 11.9. The highest BCUT2D eigenvalue weighted by Gasteiger charge is 2.10. The lowest BCUT2D eigenvalue weighted by Gasteiger charge is -2.06. The number of carbonyl (C=O) groups is 1. The van der Waals surface area contributed by atoms with Gasteiger partial charge in [-0.2, -0.15) is 0 Å². The number of rotatable bonds is 5. The first-order valence-electron chi connectivity index (χ1n) is 6.34. The van der Waals surface area contributed by atoms with E-state index in [9.17, 15) is 9.18 Å². The minimum atomic E-state index is -0.496. The Kier molecular flexibility index (Phi) is 4.60. The van der Waals surface area contributed by atoms with Crippen LogP contribution in [0.15, 0.2) is 36.4 Å². The number of aromatic nitrogens is 2. The third kappa shape index (κ3) is 3.50. The van der Waals surface area contributed by atoms with Crippen molar-refractivity contribution in [2.45, 2.75) is 13.3 Å². The van der Waals surface area contributed by atoms with Crippen molar-refractivity contribution in [2.75, 3.05) is 17.2 Å². The molecule has 0 radical (unpaired) electrons. The first-order valence-corrected chi connectivity index (χ1v) is 6.34. The highest BCUT2D eigenvalue weighted by molar-refractivity contribution is 6.02. The highest BCUT2D eigenvalue weighted by atomic mass is 19.1. The smallest absolute Gasteiger partial charge is 0.276 e. The van der Waals surface area contributed by atoms with E-state index in [2.05, 4.69) is 20.8 Å². The summed E-state index contributed by atoms with van der Waals surface area (Å²) in [5, 5.41) is 13.2. The monoisotopic (exact) mass is 274 g/mol. The molecule has 6 heteroatoms. The van der Waals surface area contributed by atoms with E-state index < -0.39 is 11.7 Å². The van der Waals surface area contributed by atoms with E-state index in [1.807, 2.05) is 6.92 Å². The van der Waals surface area contributed by atoms with Gasteiger partial charge in [0.15, 0.2) is 5.69 Å². The second-order valence-electron chi connectivity index (χ2n) is 4.16. The zero-order valence-electron chi connectivity index (χ0n) is 11.1. The molecule has 0 atom stereocenters. The number of halogens is 1. The van der Waals surface area contributed by atoms with Crippen molar-refractivity contribution in [3.05, 3.63) is 47.9 Å². The fourth-order valence-electron chi connectivity index (χ4n) is 1.55. The first-order chi connectivity index (χ1) is 9.70. The van der Waals surface area contributed by atoms with Crippen LogP contribution in [0.2, 0.25) is 0 Å². The van der Waals surface area contributed by atoms with Gasteiger partial charge in [0, 0.05) is 6.54 Å².